The van der Waals surface area contributed by atoms with E-state index in [1.54, 1.807) is 0 Å². The third kappa shape index (κ3) is 2.90. The van der Waals surface area contributed by atoms with Crippen LogP contribution in [0.15, 0.2) is 18.2 Å². The van der Waals surface area contributed by atoms with Crippen molar-refractivity contribution in [1.29, 1.82) is 0 Å². The van der Waals surface area contributed by atoms with Crippen molar-refractivity contribution in [2.75, 3.05) is 0 Å². The van der Waals surface area contributed by atoms with E-state index in [2.05, 4.69) is 0 Å². The number of halogens is 6. The molecule has 0 unspecified atom stereocenters. The number of alkyl halides is 6. The normalized spacial score (nSPS) is 16.5. The monoisotopic (exact) mass is 282 g/mol. The molecule has 1 aliphatic carbocycles. The second-order valence-corrected chi connectivity index (χ2v) is 4.39. The minimum absolute atomic E-state index is 0.00435. The zero-order valence-electron chi connectivity index (χ0n) is 9.40. The molecule has 1 nitrogen and oxygen atoms in total. The number of Topliss-reactive ketones (excluding diaryl/α,β-unsaturated/α-hetero) is 1. The first-order valence-corrected chi connectivity index (χ1v) is 5.43. The lowest BCUT2D eigenvalue weighted by atomic mass is 9.97. The molecule has 1 saturated carbocycles. The van der Waals surface area contributed by atoms with E-state index in [4.69, 9.17) is 0 Å². The van der Waals surface area contributed by atoms with Gasteiger partial charge in [-0.3, -0.25) is 4.79 Å². The van der Waals surface area contributed by atoms with Crippen molar-refractivity contribution < 1.29 is 31.1 Å². The van der Waals surface area contributed by atoms with Crippen molar-refractivity contribution in [3.63, 3.8) is 0 Å². The Morgan fingerprint density at radius 2 is 1.58 bits per heavy atom. The number of carbonyl (C=O) groups excluding carboxylic acids is 1. The van der Waals surface area contributed by atoms with Gasteiger partial charge in [0, 0.05) is 11.5 Å². The first-order valence-electron chi connectivity index (χ1n) is 5.43. The van der Waals surface area contributed by atoms with Gasteiger partial charge >= 0.3 is 12.4 Å². The second-order valence-electron chi connectivity index (χ2n) is 4.39. The standard InChI is InChI=1S/C12H8F6O/c13-11(14,15)7-3-4-8(10(19)6-1-2-6)9(5-7)12(16,17)18/h3-6H,1-2H2. The van der Waals surface area contributed by atoms with Gasteiger partial charge in [0.25, 0.3) is 0 Å². The van der Waals surface area contributed by atoms with Gasteiger partial charge in [-0.2, -0.15) is 26.3 Å². The Balaban J connectivity index is 2.52. The minimum Gasteiger partial charge on any atom is -0.294 e. The van der Waals surface area contributed by atoms with E-state index in [1.807, 2.05) is 0 Å². The molecule has 0 atom stereocenters. The summed E-state index contributed by atoms with van der Waals surface area (Å²) in [6.07, 6.45) is -8.89. The molecule has 2 rings (SSSR count). The molecule has 0 spiro atoms. The molecule has 0 radical (unpaired) electrons. The molecule has 104 valence electrons. The highest BCUT2D eigenvalue weighted by atomic mass is 19.4. The molecular weight excluding hydrogens is 274 g/mol. The van der Waals surface area contributed by atoms with Crippen LogP contribution in [0.1, 0.15) is 34.3 Å². The molecule has 0 aliphatic heterocycles. The van der Waals surface area contributed by atoms with E-state index in [9.17, 15) is 31.1 Å². The van der Waals surface area contributed by atoms with Crippen molar-refractivity contribution in [2.24, 2.45) is 5.92 Å². The molecular formula is C12H8F6O. The Kier molecular flexibility index (Phi) is 3.10. The summed E-state index contributed by atoms with van der Waals surface area (Å²) < 4.78 is 75.4. The minimum atomic E-state index is -4.98. The molecule has 0 N–H and O–H groups in total. The summed E-state index contributed by atoms with van der Waals surface area (Å²) >= 11 is 0. The van der Waals surface area contributed by atoms with Gasteiger partial charge in [0.2, 0.25) is 0 Å². The molecule has 0 heterocycles. The molecule has 0 saturated heterocycles. The number of rotatable bonds is 2. The van der Waals surface area contributed by atoms with Crippen LogP contribution in [0.5, 0.6) is 0 Å². The first kappa shape index (κ1) is 13.9. The average Bonchev–Trinajstić information content (AvgIpc) is 3.08. The highest BCUT2D eigenvalue weighted by molar-refractivity contribution is 6.00. The lowest BCUT2D eigenvalue weighted by Gasteiger charge is -2.15. The fourth-order valence-electron chi connectivity index (χ4n) is 1.74. The van der Waals surface area contributed by atoms with E-state index in [0.717, 1.165) is 0 Å². The summed E-state index contributed by atoms with van der Waals surface area (Å²) in [5.41, 5.74) is -3.60. The number of carbonyl (C=O) groups is 1. The predicted molar refractivity (Wildman–Crippen MR) is 53.5 cm³/mol. The Morgan fingerprint density at radius 3 is 2.00 bits per heavy atom. The molecule has 1 aromatic carbocycles. The molecule has 1 fully saturated rings. The highest BCUT2D eigenvalue weighted by Gasteiger charge is 2.41. The summed E-state index contributed by atoms with van der Waals surface area (Å²) in [5.74, 6) is -1.22. The van der Waals surface area contributed by atoms with Crippen molar-refractivity contribution >= 4 is 5.78 Å². The van der Waals surface area contributed by atoms with Crippen molar-refractivity contribution in [2.45, 2.75) is 25.2 Å². The first-order chi connectivity index (χ1) is 8.60. The molecule has 7 heteroatoms. The van der Waals surface area contributed by atoms with Crippen LogP contribution in [0.3, 0.4) is 0 Å². The maximum Gasteiger partial charge on any atom is 0.417 e. The molecule has 0 aromatic heterocycles. The largest absolute Gasteiger partial charge is 0.417 e. The maximum atomic E-state index is 12.7. The van der Waals surface area contributed by atoms with Crippen molar-refractivity contribution in [3.05, 3.63) is 34.9 Å². The van der Waals surface area contributed by atoms with Crippen molar-refractivity contribution in [3.8, 4) is 0 Å². The van der Waals surface area contributed by atoms with Crippen LogP contribution in [0, 0.1) is 5.92 Å². The third-order valence-corrected chi connectivity index (χ3v) is 2.87. The van der Waals surface area contributed by atoms with Crippen LogP contribution in [0.4, 0.5) is 26.3 Å². The van der Waals surface area contributed by atoms with Gasteiger partial charge in [0.15, 0.2) is 5.78 Å². The zero-order valence-corrected chi connectivity index (χ0v) is 9.40. The predicted octanol–water partition coefficient (Wildman–Crippen LogP) is 4.32. The lowest BCUT2D eigenvalue weighted by molar-refractivity contribution is -0.143. The quantitative estimate of drug-likeness (QED) is 0.583. The van der Waals surface area contributed by atoms with Crippen LogP contribution in [0.25, 0.3) is 0 Å². The number of hydrogen-bond donors (Lipinski definition) is 0. The van der Waals surface area contributed by atoms with Crippen LogP contribution in [0.2, 0.25) is 0 Å². The van der Waals surface area contributed by atoms with Crippen LogP contribution >= 0.6 is 0 Å². The third-order valence-electron chi connectivity index (χ3n) is 2.87. The Bertz CT molecular complexity index is 510. The van der Waals surface area contributed by atoms with Crippen LogP contribution in [-0.2, 0) is 12.4 Å². The molecule has 1 aromatic rings. The lowest BCUT2D eigenvalue weighted by Crippen LogP contribution is -2.16. The summed E-state index contributed by atoms with van der Waals surface area (Å²) in [4.78, 5) is 11.7. The van der Waals surface area contributed by atoms with E-state index in [1.165, 1.54) is 0 Å². The van der Waals surface area contributed by atoms with Gasteiger partial charge in [-0.05, 0) is 25.0 Å². The molecule has 1 aliphatic rings. The smallest absolute Gasteiger partial charge is 0.294 e. The van der Waals surface area contributed by atoms with Gasteiger partial charge in [0.1, 0.15) is 0 Å². The van der Waals surface area contributed by atoms with E-state index < -0.39 is 40.7 Å². The fraction of sp³-hybridized carbons (Fsp3) is 0.417. The fourth-order valence-corrected chi connectivity index (χ4v) is 1.74. The maximum absolute atomic E-state index is 12.7. The van der Waals surface area contributed by atoms with Gasteiger partial charge in [-0.15, -0.1) is 0 Å². The summed E-state index contributed by atoms with van der Waals surface area (Å²) in [6.45, 7) is 0. The Hall–Kier alpha value is -1.53. The Labute approximate surface area is 104 Å². The van der Waals surface area contributed by atoms with Crippen molar-refractivity contribution in [1.82, 2.24) is 0 Å². The van der Waals surface area contributed by atoms with Gasteiger partial charge < -0.3 is 0 Å². The summed E-state index contributed by atoms with van der Waals surface area (Å²) in [5, 5.41) is 0. The number of benzene rings is 1. The number of hydrogen-bond acceptors (Lipinski definition) is 1. The SMILES string of the molecule is O=C(c1ccc(C(F)(F)F)cc1C(F)(F)F)C1CC1. The Morgan fingerprint density at radius 1 is 1.00 bits per heavy atom. The highest BCUT2D eigenvalue weighted by Crippen LogP contribution is 2.40. The topological polar surface area (TPSA) is 17.1 Å². The van der Waals surface area contributed by atoms with E-state index in [0.29, 0.717) is 25.0 Å². The second kappa shape index (κ2) is 4.25. The molecule has 19 heavy (non-hydrogen) atoms. The zero-order chi connectivity index (χ0) is 14.4. The van der Waals surface area contributed by atoms with E-state index >= 15 is 0 Å². The van der Waals surface area contributed by atoms with E-state index in [-0.39, 0.29) is 6.07 Å². The van der Waals surface area contributed by atoms with Crippen LogP contribution < -0.4 is 0 Å². The summed E-state index contributed by atoms with van der Waals surface area (Å²) in [7, 11) is 0. The number of ketones is 1. The van der Waals surface area contributed by atoms with Gasteiger partial charge in [0.05, 0.1) is 11.1 Å². The summed E-state index contributed by atoms with van der Waals surface area (Å²) in [6, 6.07) is 1.12. The van der Waals surface area contributed by atoms with Gasteiger partial charge in [-0.1, -0.05) is 6.07 Å². The molecule has 0 bridgehead atoms. The van der Waals surface area contributed by atoms with Crippen LogP contribution in [-0.4, -0.2) is 5.78 Å². The van der Waals surface area contributed by atoms with Gasteiger partial charge in [-0.25, -0.2) is 0 Å². The average molecular weight is 282 g/mol. The molecule has 0 amide bonds.